The number of nitrogens with zero attached hydrogens (tertiary/aromatic N) is 1. The lowest BCUT2D eigenvalue weighted by Crippen LogP contribution is -1.73. The van der Waals surface area contributed by atoms with Crippen LogP contribution in [0.5, 0.6) is 0 Å². The quantitative estimate of drug-likeness (QED) is 0.531. The van der Waals surface area contributed by atoms with Crippen molar-refractivity contribution >= 4 is 17.0 Å². The van der Waals surface area contributed by atoms with Crippen LogP contribution in [0.2, 0.25) is 0 Å². The zero-order chi connectivity index (χ0) is 16.2. The highest BCUT2D eigenvalue weighted by Gasteiger charge is 1.86. The van der Waals surface area contributed by atoms with Gasteiger partial charge in [-0.1, -0.05) is 91.6 Å². The van der Waals surface area contributed by atoms with Gasteiger partial charge in [-0.25, -0.2) is 0 Å². The summed E-state index contributed by atoms with van der Waals surface area (Å²) in [6, 6.07) is 22.1. The van der Waals surface area contributed by atoms with Crippen molar-refractivity contribution in [3.05, 3.63) is 109 Å². The fraction of sp³-hybridized carbons (Fsp3) is 0.0455. The summed E-state index contributed by atoms with van der Waals surface area (Å²) < 4.78 is 0. The molecule has 0 saturated carbocycles. The van der Waals surface area contributed by atoms with Crippen molar-refractivity contribution < 1.29 is 0 Å². The first-order chi connectivity index (χ1) is 11.4. The molecule has 0 bridgehead atoms. The minimum atomic E-state index is 1.06. The molecule has 0 N–H and O–H groups in total. The van der Waals surface area contributed by atoms with Crippen LogP contribution in [0.25, 0.3) is 17.0 Å². The lowest BCUT2D eigenvalue weighted by molar-refractivity contribution is 1.41. The van der Waals surface area contributed by atoms with Crippen LogP contribution in [0, 0.1) is 0 Å². The first-order valence-corrected chi connectivity index (χ1v) is 7.69. The molecule has 0 atom stereocenters. The number of hydrogen-bond acceptors (Lipinski definition) is 1. The molecule has 0 unspecified atom stereocenters. The number of rotatable bonds is 1. The molecular formula is C22H21N. The summed E-state index contributed by atoms with van der Waals surface area (Å²) >= 11 is 0. The maximum absolute atomic E-state index is 4.18. The Morgan fingerprint density at radius 3 is 2.00 bits per heavy atom. The number of benzene rings is 2. The van der Waals surface area contributed by atoms with E-state index in [-0.39, 0.29) is 0 Å². The highest BCUT2D eigenvalue weighted by Crippen LogP contribution is 2.07. The van der Waals surface area contributed by atoms with Gasteiger partial charge in [-0.15, -0.1) is 0 Å². The third kappa shape index (κ3) is 6.15. The van der Waals surface area contributed by atoms with Crippen LogP contribution in [0.1, 0.15) is 12.0 Å². The van der Waals surface area contributed by atoms with Crippen molar-refractivity contribution in [3.8, 4) is 0 Å². The van der Waals surface area contributed by atoms with Gasteiger partial charge in [0.1, 0.15) is 0 Å². The monoisotopic (exact) mass is 299 g/mol. The first-order valence-electron chi connectivity index (χ1n) is 7.69. The van der Waals surface area contributed by atoms with Crippen LogP contribution in [0.3, 0.4) is 0 Å². The van der Waals surface area contributed by atoms with Crippen LogP contribution in [0.15, 0.2) is 104 Å². The Labute approximate surface area is 138 Å². The summed E-state index contributed by atoms with van der Waals surface area (Å²) in [4.78, 5) is 4.18. The van der Waals surface area contributed by atoms with E-state index < -0.39 is 0 Å². The number of aromatic nitrogens is 1. The van der Waals surface area contributed by atoms with Gasteiger partial charge in [-0.2, -0.15) is 0 Å². The van der Waals surface area contributed by atoms with E-state index in [1.54, 1.807) is 0 Å². The Morgan fingerprint density at radius 2 is 1.43 bits per heavy atom. The van der Waals surface area contributed by atoms with Gasteiger partial charge in [-0.3, -0.25) is 4.98 Å². The summed E-state index contributed by atoms with van der Waals surface area (Å²) in [6.07, 6.45) is 13.1. The molecule has 0 spiro atoms. The average Bonchev–Trinajstić information content (AvgIpc) is 3.23. The number of hydrogen-bond donors (Lipinski definition) is 0. The maximum Gasteiger partial charge on any atom is 0.0701 e. The molecular weight excluding hydrogens is 278 g/mol. The van der Waals surface area contributed by atoms with Gasteiger partial charge in [0.25, 0.3) is 0 Å². The molecule has 2 aromatic carbocycles. The van der Waals surface area contributed by atoms with E-state index in [0.717, 1.165) is 11.9 Å². The molecule has 0 aliphatic heterocycles. The molecule has 0 radical (unpaired) electrons. The number of fused-ring (bicyclic) bond motifs is 1. The van der Waals surface area contributed by atoms with Crippen LogP contribution >= 0.6 is 0 Å². The topological polar surface area (TPSA) is 12.9 Å². The van der Waals surface area contributed by atoms with Crippen molar-refractivity contribution in [3.63, 3.8) is 0 Å². The molecule has 114 valence electrons. The second kappa shape index (κ2) is 9.91. The van der Waals surface area contributed by atoms with E-state index >= 15 is 0 Å². The predicted octanol–water partition coefficient (Wildman–Crippen LogP) is 6.07. The minimum Gasteiger partial charge on any atom is -0.256 e. The summed E-state index contributed by atoms with van der Waals surface area (Å²) in [5.74, 6) is 0. The largest absolute Gasteiger partial charge is 0.256 e. The highest BCUT2D eigenvalue weighted by atomic mass is 14.6. The average molecular weight is 299 g/mol. The Hall–Kier alpha value is -2.93. The zero-order valence-electron chi connectivity index (χ0n) is 13.2. The van der Waals surface area contributed by atoms with Gasteiger partial charge in [0, 0.05) is 11.6 Å². The second-order valence-electron chi connectivity index (χ2n) is 4.90. The molecule has 0 fully saturated rings. The standard InChI is InChI=1S/C9H7N.C8H8.C5H6/c1-2-6-9-8(4-1)5-3-7-10-9;1-2-8-6-4-3-5-7-8;1-2-4-5-3-1/h1-7H;2-7H,1H2;1-4H,5H2. The van der Waals surface area contributed by atoms with Crippen LogP contribution in [0.4, 0.5) is 0 Å². The Balaban J connectivity index is 0.000000133. The fourth-order valence-corrected chi connectivity index (χ4v) is 2.00. The molecule has 0 saturated heterocycles. The minimum absolute atomic E-state index is 1.06. The summed E-state index contributed by atoms with van der Waals surface area (Å²) in [6.45, 7) is 3.63. The lowest BCUT2D eigenvalue weighted by atomic mass is 10.2. The SMILES string of the molecule is C1=CCC=C1.C=Cc1ccccc1.c1ccc2ncccc2c1. The van der Waals surface area contributed by atoms with Crippen LogP contribution in [-0.4, -0.2) is 4.98 Å². The van der Waals surface area contributed by atoms with Gasteiger partial charge in [-0.05, 0) is 24.1 Å². The van der Waals surface area contributed by atoms with Crippen molar-refractivity contribution in [2.75, 3.05) is 0 Å². The van der Waals surface area contributed by atoms with Crippen molar-refractivity contribution in [1.82, 2.24) is 4.98 Å². The first kappa shape index (κ1) is 16.4. The van der Waals surface area contributed by atoms with E-state index in [2.05, 4.69) is 48.0 Å². The van der Waals surface area contributed by atoms with Gasteiger partial charge in [0.15, 0.2) is 0 Å². The molecule has 1 aromatic heterocycles. The molecule has 1 aliphatic carbocycles. The normalized spacial score (nSPS) is 11.1. The number of allylic oxidation sites excluding steroid dienone is 4. The van der Waals surface area contributed by atoms with E-state index in [1.165, 1.54) is 10.9 Å². The highest BCUT2D eigenvalue weighted by molar-refractivity contribution is 5.77. The van der Waals surface area contributed by atoms with Crippen molar-refractivity contribution in [1.29, 1.82) is 0 Å². The van der Waals surface area contributed by atoms with E-state index in [0.29, 0.717) is 0 Å². The fourth-order valence-electron chi connectivity index (χ4n) is 2.00. The number of para-hydroxylation sites is 1. The zero-order valence-corrected chi connectivity index (χ0v) is 13.2. The van der Waals surface area contributed by atoms with E-state index in [4.69, 9.17) is 0 Å². The number of pyridine rings is 1. The van der Waals surface area contributed by atoms with Gasteiger partial charge in [0.05, 0.1) is 5.52 Å². The molecule has 1 heterocycles. The second-order valence-corrected chi connectivity index (χ2v) is 4.90. The van der Waals surface area contributed by atoms with Crippen molar-refractivity contribution in [2.24, 2.45) is 0 Å². The van der Waals surface area contributed by atoms with Crippen LogP contribution < -0.4 is 0 Å². The molecule has 1 aliphatic rings. The van der Waals surface area contributed by atoms with Gasteiger partial charge >= 0.3 is 0 Å². The third-order valence-electron chi connectivity index (χ3n) is 3.20. The Morgan fingerprint density at radius 1 is 0.783 bits per heavy atom. The summed E-state index contributed by atoms with van der Waals surface area (Å²) in [5.41, 5.74) is 2.23. The molecule has 4 rings (SSSR count). The Kier molecular flexibility index (Phi) is 7.08. The molecule has 23 heavy (non-hydrogen) atoms. The molecule has 1 heteroatoms. The predicted molar refractivity (Wildman–Crippen MR) is 101 cm³/mol. The van der Waals surface area contributed by atoms with Crippen molar-refractivity contribution in [2.45, 2.75) is 6.42 Å². The summed E-state index contributed by atoms with van der Waals surface area (Å²) in [5, 5.41) is 1.20. The summed E-state index contributed by atoms with van der Waals surface area (Å²) in [7, 11) is 0. The molecule has 0 amide bonds. The van der Waals surface area contributed by atoms with Crippen LogP contribution in [-0.2, 0) is 0 Å². The lowest BCUT2D eigenvalue weighted by Gasteiger charge is -1.91. The Bertz CT molecular complexity index is 695. The van der Waals surface area contributed by atoms with Gasteiger partial charge in [0.2, 0.25) is 0 Å². The molecule has 3 aromatic rings. The van der Waals surface area contributed by atoms with E-state index in [1.807, 2.05) is 66.9 Å². The maximum atomic E-state index is 4.18. The smallest absolute Gasteiger partial charge is 0.0701 e. The van der Waals surface area contributed by atoms with Gasteiger partial charge < -0.3 is 0 Å². The van der Waals surface area contributed by atoms with E-state index in [9.17, 15) is 0 Å². The molecule has 1 nitrogen and oxygen atoms in total. The third-order valence-corrected chi connectivity index (χ3v) is 3.20.